The zero-order valence-electron chi connectivity index (χ0n) is 13.0. The lowest BCUT2D eigenvalue weighted by Gasteiger charge is -2.32. The first-order chi connectivity index (χ1) is 10.5. The predicted octanol–water partition coefficient (Wildman–Crippen LogP) is 2.99. The maximum atomic E-state index is 11.4. The fourth-order valence-electron chi connectivity index (χ4n) is 3.13. The summed E-state index contributed by atoms with van der Waals surface area (Å²) in [6.07, 6.45) is 11.6. The van der Waals surface area contributed by atoms with Gasteiger partial charge in [0, 0.05) is 24.6 Å². The molecule has 0 spiro atoms. The van der Waals surface area contributed by atoms with E-state index < -0.39 is 0 Å². The monoisotopic (exact) mass is 370 g/mol. The van der Waals surface area contributed by atoms with E-state index in [9.17, 15) is 4.79 Å². The van der Waals surface area contributed by atoms with Crippen LogP contribution in [0.4, 0.5) is 0 Å². The highest BCUT2D eigenvalue weighted by Gasteiger charge is 2.45. The Bertz CT molecular complexity index is 456. The third-order valence-electron chi connectivity index (χ3n) is 4.16. The van der Waals surface area contributed by atoms with Gasteiger partial charge in [0.15, 0.2) is 0 Å². The van der Waals surface area contributed by atoms with E-state index in [-0.39, 0.29) is 41.3 Å². The molecule has 0 aliphatic carbocycles. The molecular formula is C17H23BrO4. The third-order valence-corrected chi connectivity index (χ3v) is 5.12. The molecule has 0 aromatic carbocycles. The Balaban J connectivity index is 2.14. The Morgan fingerprint density at radius 2 is 2.09 bits per heavy atom. The van der Waals surface area contributed by atoms with Gasteiger partial charge in [-0.15, -0.1) is 6.42 Å². The van der Waals surface area contributed by atoms with Crippen molar-refractivity contribution in [3.8, 4) is 12.3 Å². The van der Waals surface area contributed by atoms with E-state index >= 15 is 0 Å². The summed E-state index contributed by atoms with van der Waals surface area (Å²) in [4.78, 5) is 11.5. The van der Waals surface area contributed by atoms with Crippen molar-refractivity contribution in [3.63, 3.8) is 0 Å². The smallest absolute Gasteiger partial charge is 0.302 e. The summed E-state index contributed by atoms with van der Waals surface area (Å²) < 4.78 is 17.8. The maximum Gasteiger partial charge on any atom is 0.302 e. The number of allylic oxidation sites excluding steroid dienone is 1. The molecule has 5 heteroatoms. The highest BCUT2D eigenvalue weighted by atomic mass is 79.9. The second kappa shape index (κ2) is 8.14. The number of hydrogen-bond donors (Lipinski definition) is 0. The van der Waals surface area contributed by atoms with E-state index in [1.54, 1.807) is 6.08 Å². The van der Waals surface area contributed by atoms with Gasteiger partial charge in [-0.1, -0.05) is 34.9 Å². The number of halogens is 1. The second-order valence-corrected chi connectivity index (χ2v) is 6.95. The molecule has 0 aromatic rings. The zero-order chi connectivity index (χ0) is 16.1. The van der Waals surface area contributed by atoms with Crippen LogP contribution in [0.2, 0.25) is 0 Å². The van der Waals surface area contributed by atoms with Crippen molar-refractivity contribution in [2.75, 3.05) is 0 Å². The lowest BCUT2D eigenvalue weighted by Crippen LogP contribution is -2.40. The van der Waals surface area contributed by atoms with Gasteiger partial charge in [-0.3, -0.25) is 4.79 Å². The average Bonchev–Trinajstić information content (AvgIpc) is 2.87. The van der Waals surface area contributed by atoms with Gasteiger partial charge in [-0.25, -0.2) is 0 Å². The molecule has 6 atom stereocenters. The van der Waals surface area contributed by atoms with Gasteiger partial charge < -0.3 is 14.2 Å². The molecule has 2 heterocycles. The summed E-state index contributed by atoms with van der Waals surface area (Å²) >= 11 is 3.68. The van der Waals surface area contributed by atoms with Crippen molar-refractivity contribution in [1.29, 1.82) is 0 Å². The molecule has 0 aromatic heterocycles. The fraction of sp³-hybridized carbons (Fsp3) is 0.706. The summed E-state index contributed by atoms with van der Waals surface area (Å²) in [5.41, 5.74) is 0. The van der Waals surface area contributed by atoms with Crippen LogP contribution < -0.4 is 0 Å². The Morgan fingerprint density at radius 1 is 1.36 bits per heavy atom. The van der Waals surface area contributed by atoms with Crippen molar-refractivity contribution in [3.05, 3.63) is 12.2 Å². The first-order valence-electron chi connectivity index (χ1n) is 7.78. The number of rotatable bonds is 4. The first kappa shape index (κ1) is 17.5. The van der Waals surface area contributed by atoms with Gasteiger partial charge in [-0.05, 0) is 18.9 Å². The normalized spacial score (nSPS) is 38.3. The molecule has 2 aliphatic heterocycles. The number of terminal acetylenes is 1. The zero-order valence-corrected chi connectivity index (χ0v) is 14.6. The van der Waals surface area contributed by atoms with Crippen LogP contribution in [-0.4, -0.2) is 41.3 Å². The Kier molecular flexibility index (Phi) is 6.49. The van der Waals surface area contributed by atoms with Crippen molar-refractivity contribution < 1.29 is 19.0 Å². The third kappa shape index (κ3) is 4.34. The number of carbonyl (C=O) groups excluding carboxylic acids is 1. The standard InChI is InChI=1S/C17H23BrO4/c1-4-6-7-8-14-16-10-17(22-14)15(20-11(3)19)9-12(18)13(5-2)21-16/h1,6-7,12-17H,5,8-10H2,2-3H3/t12-,13+,14+,15+,16+,17+/m0/s1. The van der Waals surface area contributed by atoms with Crippen LogP contribution in [0, 0.1) is 12.3 Å². The molecule has 0 amide bonds. The largest absolute Gasteiger partial charge is 0.460 e. The van der Waals surface area contributed by atoms with Crippen LogP contribution in [0.5, 0.6) is 0 Å². The fourth-order valence-corrected chi connectivity index (χ4v) is 4.00. The van der Waals surface area contributed by atoms with Gasteiger partial charge in [0.25, 0.3) is 0 Å². The summed E-state index contributed by atoms with van der Waals surface area (Å²) in [6, 6.07) is 0. The Morgan fingerprint density at radius 3 is 2.73 bits per heavy atom. The number of carbonyl (C=O) groups is 1. The molecule has 0 radical (unpaired) electrons. The molecule has 2 rings (SSSR count). The summed E-state index contributed by atoms with van der Waals surface area (Å²) in [5, 5.41) is 0. The molecule has 2 saturated heterocycles. The minimum absolute atomic E-state index is 0.00998. The van der Waals surface area contributed by atoms with Crippen LogP contribution in [0.25, 0.3) is 0 Å². The quantitative estimate of drug-likeness (QED) is 0.433. The topological polar surface area (TPSA) is 44.8 Å². The predicted molar refractivity (Wildman–Crippen MR) is 87.7 cm³/mol. The summed E-state index contributed by atoms with van der Waals surface area (Å²) in [5.74, 6) is 2.22. The van der Waals surface area contributed by atoms with Gasteiger partial charge in [0.2, 0.25) is 0 Å². The summed E-state index contributed by atoms with van der Waals surface area (Å²) in [6.45, 7) is 3.54. The van der Waals surface area contributed by atoms with Gasteiger partial charge in [-0.2, -0.15) is 0 Å². The first-order valence-corrected chi connectivity index (χ1v) is 8.70. The molecule has 0 saturated carbocycles. The number of hydrogen-bond acceptors (Lipinski definition) is 4. The number of ether oxygens (including phenoxy) is 3. The van der Waals surface area contributed by atoms with Gasteiger partial charge in [0.1, 0.15) is 6.10 Å². The van der Waals surface area contributed by atoms with Crippen molar-refractivity contribution in [2.24, 2.45) is 0 Å². The highest BCUT2D eigenvalue weighted by molar-refractivity contribution is 9.09. The van der Waals surface area contributed by atoms with Gasteiger partial charge in [0.05, 0.1) is 24.4 Å². The molecule has 2 aliphatic rings. The number of alkyl halides is 1. The minimum Gasteiger partial charge on any atom is -0.460 e. The van der Waals surface area contributed by atoms with E-state index in [2.05, 4.69) is 28.8 Å². The van der Waals surface area contributed by atoms with E-state index in [0.717, 1.165) is 12.8 Å². The second-order valence-electron chi connectivity index (χ2n) is 5.77. The number of esters is 1. The molecule has 122 valence electrons. The SMILES string of the molecule is C#CC=CC[C@H]1O[C@@H]2C[C@H]1O[C@H](CC)[C@@H](Br)C[C@H]2OC(C)=O. The van der Waals surface area contributed by atoms with Crippen LogP contribution in [-0.2, 0) is 19.0 Å². The molecule has 0 N–H and O–H groups in total. The Hall–Kier alpha value is -0.830. The van der Waals surface area contributed by atoms with Crippen molar-refractivity contribution in [2.45, 2.75) is 74.9 Å². The maximum absolute atomic E-state index is 11.4. The Labute approximate surface area is 140 Å². The van der Waals surface area contributed by atoms with Crippen LogP contribution in [0.15, 0.2) is 12.2 Å². The van der Waals surface area contributed by atoms with Crippen LogP contribution in [0.3, 0.4) is 0 Å². The molecular weight excluding hydrogens is 348 g/mol. The van der Waals surface area contributed by atoms with E-state index in [1.165, 1.54) is 6.92 Å². The average molecular weight is 371 g/mol. The lowest BCUT2D eigenvalue weighted by molar-refractivity contribution is -0.155. The van der Waals surface area contributed by atoms with Crippen molar-refractivity contribution >= 4 is 21.9 Å². The molecule has 22 heavy (non-hydrogen) atoms. The van der Waals surface area contributed by atoms with Crippen molar-refractivity contribution in [1.82, 2.24) is 0 Å². The molecule has 4 nitrogen and oxygen atoms in total. The summed E-state index contributed by atoms with van der Waals surface area (Å²) in [7, 11) is 0. The molecule has 2 bridgehead atoms. The number of fused-ring (bicyclic) bond motifs is 2. The molecule has 0 unspecified atom stereocenters. The lowest BCUT2D eigenvalue weighted by atomic mass is 9.97. The van der Waals surface area contributed by atoms with E-state index in [1.807, 2.05) is 6.08 Å². The minimum atomic E-state index is -0.268. The van der Waals surface area contributed by atoms with Crippen LogP contribution in [0.1, 0.15) is 39.5 Å². The molecule has 2 fully saturated rings. The van der Waals surface area contributed by atoms with E-state index in [0.29, 0.717) is 12.8 Å². The van der Waals surface area contributed by atoms with Crippen LogP contribution >= 0.6 is 15.9 Å². The van der Waals surface area contributed by atoms with E-state index in [4.69, 9.17) is 20.6 Å². The van der Waals surface area contributed by atoms with Gasteiger partial charge >= 0.3 is 5.97 Å². The highest BCUT2D eigenvalue weighted by Crippen LogP contribution is 2.36.